The number of nitro groups is 1. The smallest absolute Gasteiger partial charge is 0.292 e. The molecule has 0 saturated heterocycles. The number of nitro benzene ring substituents is 1. The van der Waals surface area contributed by atoms with Crippen molar-refractivity contribution in [2.24, 2.45) is 0 Å². The van der Waals surface area contributed by atoms with Crippen LogP contribution < -0.4 is 5.32 Å². The Balaban J connectivity index is 1.97. The van der Waals surface area contributed by atoms with Gasteiger partial charge in [0.25, 0.3) is 5.69 Å². The highest BCUT2D eigenvalue weighted by molar-refractivity contribution is 5.65. The van der Waals surface area contributed by atoms with Gasteiger partial charge >= 0.3 is 0 Å². The Morgan fingerprint density at radius 3 is 2.71 bits per heavy atom. The van der Waals surface area contributed by atoms with Crippen LogP contribution in [-0.2, 0) is 6.42 Å². The van der Waals surface area contributed by atoms with Crippen molar-refractivity contribution in [1.82, 2.24) is 5.16 Å². The SMILES string of the molecule is Cc1cccc([N+](=O)[O-])c1NCCCc1c(C)noc1C. The summed E-state index contributed by atoms with van der Waals surface area (Å²) >= 11 is 0. The molecule has 2 rings (SSSR count). The highest BCUT2D eigenvalue weighted by Crippen LogP contribution is 2.27. The number of hydrogen-bond donors (Lipinski definition) is 1. The number of nitrogens with one attached hydrogen (secondary N) is 1. The summed E-state index contributed by atoms with van der Waals surface area (Å²) in [6, 6.07) is 5.08. The van der Waals surface area contributed by atoms with Crippen molar-refractivity contribution in [3.05, 3.63) is 50.9 Å². The molecule has 0 atom stereocenters. The van der Waals surface area contributed by atoms with Gasteiger partial charge in [-0.3, -0.25) is 10.1 Å². The van der Waals surface area contributed by atoms with Crippen LogP contribution in [-0.4, -0.2) is 16.6 Å². The minimum atomic E-state index is -0.358. The fourth-order valence-electron chi connectivity index (χ4n) is 2.37. The molecule has 6 nitrogen and oxygen atoms in total. The second-order valence-electron chi connectivity index (χ2n) is 5.06. The van der Waals surface area contributed by atoms with E-state index in [4.69, 9.17) is 4.52 Å². The molecule has 0 radical (unpaired) electrons. The molecule has 1 aromatic carbocycles. The first-order valence-electron chi connectivity index (χ1n) is 6.90. The molecule has 2 aromatic rings. The van der Waals surface area contributed by atoms with Gasteiger partial charge in [0.2, 0.25) is 0 Å². The summed E-state index contributed by atoms with van der Waals surface area (Å²) in [6.07, 6.45) is 1.70. The predicted octanol–water partition coefficient (Wildman–Crippen LogP) is 3.55. The Kier molecular flexibility index (Phi) is 4.57. The molecule has 0 fully saturated rings. The van der Waals surface area contributed by atoms with Crippen LogP contribution in [0.3, 0.4) is 0 Å². The fraction of sp³-hybridized carbons (Fsp3) is 0.400. The maximum atomic E-state index is 11.0. The van der Waals surface area contributed by atoms with E-state index in [0.29, 0.717) is 12.2 Å². The Morgan fingerprint density at radius 2 is 2.10 bits per heavy atom. The molecular weight excluding hydrogens is 270 g/mol. The summed E-state index contributed by atoms with van der Waals surface area (Å²) in [7, 11) is 0. The van der Waals surface area contributed by atoms with Gasteiger partial charge in [0, 0.05) is 18.2 Å². The zero-order valence-electron chi connectivity index (χ0n) is 12.5. The molecule has 1 N–H and O–H groups in total. The summed E-state index contributed by atoms with van der Waals surface area (Å²) in [5.41, 5.74) is 3.63. The van der Waals surface area contributed by atoms with Gasteiger partial charge in [0.15, 0.2) is 0 Å². The Morgan fingerprint density at radius 1 is 1.33 bits per heavy atom. The van der Waals surface area contributed by atoms with Gasteiger partial charge in [0.05, 0.1) is 10.6 Å². The van der Waals surface area contributed by atoms with E-state index in [1.165, 1.54) is 6.07 Å². The Hall–Kier alpha value is -2.37. The number of aromatic nitrogens is 1. The normalized spacial score (nSPS) is 10.6. The largest absolute Gasteiger partial charge is 0.379 e. The lowest BCUT2D eigenvalue weighted by molar-refractivity contribution is -0.384. The van der Waals surface area contributed by atoms with Gasteiger partial charge in [-0.1, -0.05) is 17.3 Å². The Bertz CT molecular complexity index is 630. The molecule has 112 valence electrons. The van der Waals surface area contributed by atoms with Gasteiger partial charge in [-0.15, -0.1) is 0 Å². The van der Waals surface area contributed by atoms with Crippen LogP contribution in [0, 0.1) is 30.9 Å². The number of aryl methyl sites for hydroxylation is 3. The summed E-state index contributed by atoms with van der Waals surface area (Å²) in [6.45, 7) is 6.35. The Labute approximate surface area is 123 Å². The van der Waals surface area contributed by atoms with Crippen LogP contribution >= 0.6 is 0 Å². The lowest BCUT2D eigenvalue weighted by atomic mass is 10.1. The zero-order chi connectivity index (χ0) is 15.4. The van der Waals surface area contributed by atoms with E-state index >= 15 is 0 Å². The monoisotopic (exact) mass is 289 g/mol. The van der Waals surface area contributed by atoms with Crippen molar-refractivity contribution < 1.29 is 9.45 Å². The quantitative estimate of drug-likeness (QED) is 0.499. The molecule has 0 saturated carbocycles. The summed E-state index contributed by atoms with van der Waals surface area (Å²) in [4.78, 5) is 10.7. The van der Waals surface area contributed by atoms with E-state index < -0.39 is 0 Å². The summed E-state index contributed by atoms with van der Waals surface area (Å²) in [5, 5.41) is 18.1. The molecule has 0 aliphatic rings. The van der Waals surface area contributed by atoms with Gasteiger partial charge < -0.3 is 9.84 Å². The third-order valence-corrected chi connectivity index (χ3v) is 3.53. The molecule has 6 heteroatoms. The van der Waals surface area contributed by atoms with Crippen molar-refractivity contribution in [3.63, 3.8) is 0 Å². The van der Waals surface area contributed by atoms with E-state index in [0.717, 1.165) is 35.4 Å². The lowest BCUT2D eigenvalue weighted by Gasteiger charge is -2.09. The number of benzene rings is 1. The van der Waals surface area contributed by atoms with Crippen LogP contribution in [0.2, 0.25) is 0 Å². The van der Waals surface area contributed by atoms with E-state index in [9.17, 15) is 10.1 Å². The highest BCUT2D eigenvalue weighted by atomic mass is 16.6. The molecule has 1 aromatic heterocycles. The molecule has 0 unspecified atom stereocenters. The van der Waals surface area contributed by atoms with Gasteiger partial charge in [-0.05, 0) is 39.2 Å². The van der Waals surface area contributed by atoms with E-state index in [1.54, 1.807) is 6.07 Å². The van der Waals surface area contributed by atoms with Gasteiger partial charge in [0.1, 0.15) is 11.4 Å². The van der Waals surface area contributed by atoms with Crippen molar-refractivity contribution in [2.75, 3.05) is 11.9 Å². The minimum absolute atomic E-state index is 0.118. The van der Waals surface area contributed by atoms with Gasteiger partial charge in [-0.25, -0.2) is 0 Å². The topological polar surface area (TPSA) is 81.2 Å². The molecule has 0 spiro atoms. The molecule has 0 aliphatic heterocycles. The standard InChI is InChI=1S/C15H19N3O3/c1-10-6-4-8-14(18(19)20)15(10)16-9-5-7-13-11(2)17-21-12(13)3/h4,6,8,16H,5,7,9H2,1-3H3. The van der Waals surface area contributed by atoms with Gasteiger partial charge in [-0.2, -0.15) is 0 Å². The van der Waals surface area contributed by atoms with E-state index in [-0.39, 0.29) is 10.6 Å². The van der Waals surface area contributed by atoms with Crippen LogP contribution in [0.15, 0.2) is 22.7 Å². The second-order valence-corrected chi connectivity index (χ2v) is 5.06. The first-order chi connectivity index (χ1) is 10.0. The molecule has 0 aliphatic carbocycles. The second kappa shape index (κ2) is 6.39. The molecule has 21 heavy (non-hydrogen) atoms. The number of anilines is 1. The maximum absolute atomic E-state index is 11.0. The van der Waals surface area contributed by atoms with Crippen molar-refractivity contribution in [2.45, 2.75) is 33.6 Å². The number of nitrogens with zero attached hydrogens (tertiary/aromatic N) is 2. The van der Waals surface area contributed by atoms with Crippen LogP contribution in [0.25, 0.3) is 0 Å². The molecular formula is C15H19N3O3. The van der Waals surface area contributed by atoms with Crippen LogP contribution in [0.1, 0.15) is 29.0 Å². The number of hydrogen-bond acceptors (Lipinski definition) is 5. The molecule has 1 heterocycles. The first kappa shape index (κ1) is 15.0. The highest BCUT2D eigenvalue weighted by Gasteiger charge is 2.15. The van der Waals surface area contributed by atoms with Crippen molar-refractivity contribution >= 4 is 11.4 Å². The lowest BCUT2D eigenvalue weighted by Crippen LogP contribution is -2.07. The average Bonchev–Trinajstić information content (AvgIpc) is 2.75. The average molecular weight is 289 g/mol. The van der Waals surface area contributed by atoms with Crippen LogP contribution in [0.4, 0.5) is 11.4 Å². The zero-order valence-corrected chi connectivity index (χ0v) is 12.5. The third kappa shape index (κ3) is 3.39. The van der Waals surface area contributed by atoms with Crippen molar-refractivity contribution in [1.29, 1.82) is 0 Å². The maximum Gasteiger partial charge on any atom is 0.292 e. The summed E-state index contributed by atoms with van der Waals surface area (Å²) in [5.74, 6) is 0.842. The van der Waals surface area contributed by atoms with E-state index in [1.807, 2.05) is 26.8 Å². The number of para-hydroxylation sites is 1. The first-order valence-corrected chi connectivity index (χ1v) is 6.90. The van der Waals surface area contributed by atoms with Crippen LogP contribution in [0.5, 0.6) is 0 Å². The predicted molar refractivity (Wildman–Crippen MR) is 80.6 cm³/mol. The number of rotatable bonds is 6. The molecule has 0 bridgehead atoms. The third-order valence-electron chi connectivity index (χ3n) is 3.53. The summed E-state index contributed by atoms with van der Waals surface area (Å²) < 4.78 is 5.12. The van der Waals surface area contributed by atoms with E-state index in [2.05, 4.69) is 10.5 Å². The fourth-order valence-corrected chi connectivity index (χ4v) is 2.37. The molecule has 0 amide bonds. The van der Waals surface area contributed by atoms with Crippen molar-refractivity contribution in [3.8, 4) is 0 Å². The minimum Gasteiger partial charge on any atom is -0.379 e.